The molecule has 0 radical (unpaired) electrons. The molecule has 2 aliphatic heterocycles. The molecule has 170 valence electrons. The molecule has 1 fully saturated rings. The van der Waals surface area contributed by atoms with E-state index in [-0.39, 0.29) is 29.7 Å². The van der Waals surface area contributed by atoms with Gasteiger partial charge in [0.1, 0.15) is 11.6 Å². The molecule has 0 saturated carbocycles. The van der Waals surface area contributed by atoms with Gasteiger partial charge in [0.2, 0.25) is 5.91 Å². The van der Waals surface area contributed by atoms with Gasteiger partial charge in [0.15, 0.2) is 0 Å². The fourth-order valence-corrected chi connectivity index (χ4v) is 4.77. The fraction of sp³-hybridized carbons (Fsp3) is 0.360. The summed E-state index contributed by atoms with van der Waals surface area (Å²) in [5.41, 5.74) is 3.30. The van der Waals surface area contributed by atoms with E-state index in [1.54, 1.807) is 23.2 Å². The van der Waals surface area contributed by atoms with Gasteiger partial charge in [-0.05, 0) is 42.2 Å². The van der Waals surface area contributed by atoms with Gasteiger partial charge in [0, 0.05) is 45.0 Å². The van der Waals surface area contributed by atoms with E-state index in [2.05, 4.69) is 14.9 Å². The summed E-state index contributed by atoms with van der Waals surface area (Å²) in [6.45, 7) is 2.73. The first-order chi connectivity index (χ1) is 16.1. The summed E-state index contributed by atoms with van der Waals surface area (Å²) in [6, 6.07) is 9.71. The number of likely N-dealkylation sites (tertiary alicyclic amines) is 1. The second kappa shape index (κ2) is 9.23. The van der Waals surface area contributed by atoms with Crippen LogP contribution in [0.25, 0.3) is 0 Å². The van der Waals surface area contributed by atoms with Crippen molar-refractivity contribution in [2.45, 2.75) is 44.8 Å². The van der Waals surface area contributed by atoms with Crippen LogP contribution in [0.1, 0.15) is 47.1 Å². The maximum absolute atomic E-state index is 13.2. The van der Waals surface area contributed by atoms with Gasteiger partial charge in [-0.3, -0.25) is 19.5 Å². The smallest absolute Gasteiger partial charge is 0.255 e. The Hall–Kier alpha value is -3.39. The Labute approximate surface area is 191 Å². The number of fused-ring (bicyclic) bond motifs is 1. The largest absolute Gasteiger partial charge is 0.332 e. The van der Waals surface area contributed by atoms with Crippen LogP contribution in [-0.4, -0.2) is 43.7 Å². The summed E-state index contributed by atoms with van der Waals surface area (Å²) in [5.74, 6) is 0.219. The van der Waals surface area contributed by atoms with E-state index < -0.39 is 0 Å². The van der Waals surface area contributed by atoms with Crippen LogP contribution in [0.2, 0.25) is 0 Å². The first-order valence-corrected chi connectivity index (χ1v) is 11.3. The molecule has 2 aromatic heterocycles. The molecule has 3 aromatic rings. The quantitative estimate of drug-likeness (QED) is 0.651. The molecule has 0 aliphatic carbocycles. The molecule has 4 heterocycles. The molecule has 1 atom stereocenters. The van der Waals surface area contributed by atoms with Gasteiger partial charge in [0.05, 0.1) is 23.7 Å². The minimum atomic E-state index is -0.319. The normalized spacial score (nSPS) is 18.3. The number of H-pyrrole nitrogens is 1. The first-order valence-electron chi connectivity index (χ1n) is 11.3. The van der Waals surface area contributed by atoms with Crippen molar-refractivity contribution >= 4 is 5.91 Å². The Balaban J connectivity index is 1.31. The van der Waals surface area contributed by atoms with Crippen LogP contribution < -0.4 is 5.56 Å². The van der Waals surface area contributed by atoms with Crippen molar-refractivity contribution in [2.75, 3.05) is 13.1 Å². The maximum atomic E-state index is 13.2. The fourth-order valence-electron chi connectivity index (χ4n) is 4.77. The highest BCUT2D eigenvalue weighted by Gasteiger charge is 2.33. The molecule has 33 heavy (non-hydrogen) atoms. The van der Waals surface area contributed by atoms with Gasteiger partial charge >= 0.3 is 0 Å². The number of pyridine rings is 1. The van der Waals surface area contributed by atoms with Gasteiger partial charge in [-0.15, -0.1) is 0 Å². The van der Waals surface area contributed by atoms with E-state index in [9.17, 15) is 14.0 Å². The third kappa shape index (κ3) is 4.71. The molecular weight excluding hydrogens is 421 g/mol. The second-order valence-electron chi connectivity index (χ2n) is 8.75. The third-order valence-corrected chi connectivity index (χ3v) is 6.45. The van der Waals surface area contributed by atoms with Crippen LogP contribution in [0.5, 0.6) is 0 Å². The Morgan fingerprint density at radius 2 is 2.00 bits per heavy atom. The number of benzene rings is 1. The zero-order chi connectivity index (χ0) is 22.8. The molecule has 2 aliphatic rings. The van der Waals surface area contributed by atoms with Crippen LogP contribution in [0.3, 0.4) is 0 Å². The minimum Gasteiger partial charge on any atom is -0.332 e. The topological polar surface area (TPSA) is 82.2 Å². The van der Waals surface area contributed by atoms with Crippen LogP contribution in [0.15, 0.2) is 53.6 Å². The van der Waals surface area contributed by atoms with Crippen LogP contribution in [-0.2, 0) is 30.7 Å². The zero-order valence-corrected chi connectivity index (χ0v) is 18.3. The van der Waals surface area contributed by atoms with E-state index in [1.807, 2.05) is 18.3 Å². The second-order valence-corrected chi connectivity index (χ2v) is 8.75. The van der Waals surface area contributed by atoms with Gasteiger partial charge in [0.25, 0.3) is 5.56 Å². The molecule has 1 N–H and O–H groups in total. The predicted octanol–water partition coefficient (Wildman–Crippen LogP) is 2.77. The Kier molecular flexibility index (Phi) is 6.00. The summed E-state index contributed by atoms with van der Waals surface area (Å²) in [5, 5.41) is 0. The van der Waals surface area contributed by atoms with Crippen LogP contribution >= 0.6 is 0 Å². The number of carbonyl (C=O) groups is 1. The molecule has 7 nitrogen and oxygen atoms in total. The van der Waals surface area contributed by atoms with Crippen molar-refractivity contribution in [3.05, 3.63) is 93.2 Å². The molecule has 0 spiro atoms. The monoisotopic (exact) mass is 447 g/mol. The van der Waals surface area contributed by atoms with Gasteiger partial charge in [-0.1, -0.05) is 18.2 Å². The summed E-state index contributed by atoms with van der Waals surface area (Å²) in [6.07, 6.45) is 6.13. The lowest BCUT2D eigenvalue weighted by molar-refractivity contribution is -0.131. The molecule has 8 heteroatoms. The highest BCUT2D eigenvalue weighted by atomic mass is 19.1. The van der Waals surface area contributed by atoms with E-state index >= 15 is 0 Å². The molecule has 5 rings (SSSR count). The van der Waals surface area contributed by atoms with Crippen molar-refractivity contribution in [2.24, 2.45) is 0 Å². The van der Waals surface area contributed by atoms with Gasteiger partial charge < -0.3 is 9.88 Å². The number of nitrogens with one attached hydrogen (secondary N) is 1. The molecule has 1 saturated heterocycles. The van der Waals surface area contributed by atoms with Crippen molar-refractivity contribution in [3.63, 3.8) is 0 Å². The standard InChI is InChI=1S/C25H26FN5O2/c26-19-7-5-17(6-8-19)13-23(32)31-11-2-4-22(31)24-28-21-9-12-30(16-20(21)25(33)29-24)15-18-3-1-10-27-14-18/h1,3,5-8,10,14,22H,2,4,9,11-13,15-16H2,(H,28,29,33). The number of aromatic amines is 1. The zero-order valence-electron chi connectivity index (χ0n) is 18.3. The van der Waals surface area contributed by atoms with Crippen molar-refractivity contribution in [1.82, 2.24) is 24.8 Å². The van der Waals surface area contributed by atoms with Crippen LogP contribution in [0.4, 0.5) is 4.39 Å². The van der Waals surface area contributed by atoms with Crippen molar-refractivity contribution in [3.8, 4) is 0 Å². The third-order valence-electron chi connectivity index (χ3n) is 6.45. The van der Waals surface area contributed by atoms with E-state index in [1.165, 1.54) is 12.1 Å². The number of nitrogens with zero attached hydrogens (tertiary/aromatic N) is 4. The highest BCUT2D eigenvalue weighted by molar-refractivity contribution is 5.79. The number of amides is 1. The minimum absolute atomic E-state index is 0.0351. The Morgan fingerprint density at radius 1 is 1.15 bits per heavy atom. The molecule has 1 aromatic carbocycles. The van der Waals surface area contributed by atoms with E-state index in [4.69, 9.17) is 4.98 Å². The summed E-state index contributed by atoms with van der Waals surface area (Å²) < 4.78 is 13.2. The number of aromatic nitrogens is 3. The number of rotatable bonds is 5. The first kappa shape index (κ1) is 21.5. The lowest BCUT2D eigenvalue weighted by Gasteiger charge is -2.29. The highest BCUT2D eigenvalue weighted by Crippen LogP contribution is 2.31. The number of hydrogen-bond donors (Lipinski definition) is 1. The number of hydrogen-bond acceptors (Lipinski definition) is 5. The number of halogens is 1. The molecular formula is C25H26FN5O2. The van der Waals surface area contributed by atoms with E-state index in [0.29, 0.717) is 30.9 Å². The molecule has 0 bridgehead atoms. The van der Waals surface area contributed by atoms with Crippen molar-refractivity contribution < 1.29 is 9.18 Å². The average molecular weight is 448 g/mol. The summed E-state index contributed by atoms with van der Waals surface area (Å²) >= 11 is 0. The maximum Gasteiger partial charge on any atom is 0.255 e. The molecule has 1 amide bonds. The lowest BCUT2D eigenvalue weighted by atomic mass is 10.1. The van der Waals surface area contributed by atoms with Crippen LogP contribution in [0, 0.1) is 5.82 Å². The average Bonchev–Trinajstić information content (AvgIpc) is 3.32. The van der Waals surface area contributed by atoms with Gasteiger partial charge in [-0.25, -0.2) is 9.37 Å². The molecule has 1 unspecified atom stereocenters. The Morgan fingerprint density at radius 3 is 2.79 bits per heavy atom. The lowest BCUT2D eigenvalue weighted by Crippen LogP contribution is -2.38. The SMILES string of the molecule is O=C(Cc1ccc(F)cc1)N1CCCC1c1nc2c(c(=O)[nH]1)CN(Cc1cccnc1)CC2. The predicted molar refractivity (Wildman–Crippen MR) is 121 cm³/mol. The summed E-state index contributed by atoms with van der Waals surface area (Å²) in [7, 11) is 0. The Bertz CT molecular complexity index is 1200. The number of carbonyl (C=O) groups excluding carboxylic acids is 1. The summed E-state index contributed by atoms with van der Waals surface area (Å²) in [4.78, 5) is 41.9. The van der Waals surface area contributed by atoms with Crippen molar-refractivity contribution in [1.29, 1.82) is 0 Å². The van der Waals surface area contributed by atoms with Gasteiger partial charge in [-0.2, -0.15) is 0 Å². The van der Waals surface area contributed by atoms with E-state index in [0.717, 1.165) is 42.8 Å².